The molecule has 0 atom stereocenters. The predicted octanol–water partition coefficient (Wildman–Crippen LogP) is 3.76. The van der Waals surface area contributed by atoms with Gasteiger partial charge in [0.15, 0.2) is 29.0 Å². The van der Waals surface area contributed by atoms with Gasteiger partial charge in [0.1, 0.15) is 10.7 Å². The summed E-state index contributed by atoms with van der Waals surface area (Å²) in [5.74, 6) is -10.3. The monoisotopic (exact) mass is 293 g/mol. The number of rotatable bonds is 2. The number of benzene rings is 1. The second-order valence-corrected chi connectivity index (χ2v) is 3.78. The first kappa shape index (κ1) is 13.5. The van der Waals surface area contributed by atoms with Crippen LogP contribution in [-0.2, 0) is 0 Å². The Morgan fingerprint density at radius 1 is 0.947 bits per heavy atom. The van der Waals surface area contributed by atoms with Gasteiger partial charge in [0.05, 0.1) is 6.26 Å². The van der Waals surface area contributed by atoms with Crippen molar-refractivity contribution in [1.82, 2.24) is 0 Å². The number of nitrogens with one attached hydrogen (secondary N) is 1. The lowest BCUT2D eigenvalue weighted by molar-refractivity contribution is 0.382. The molecule has 1 N–H and O–H groups in total. The Morgan fingerprint density at radius 3 is 1.95 bits per heavy atom. The SMILES string of the molecule is Fc1c(F)c(F)c(NC(=S)c2ccco2)c(F)c1F. The Hall–Kier alpha value is -1.96. The van der Waals surface area contributed by atoms with Crippen molar-refractivity contribution in [3.05, 3.63) is 53.2 Å². The molecule has 0 bridgehead atoms. The Balaban J connectivity index is 2.44. The van der Waals surface area contributed by atoms with Crippen molar-refractivity contribution in [2.45, 2.75) is 0 Å². The van der Waals surface area contributed by atoms with Gasteiger partial charge >= 0.3 is 0 Å². The van der Waals surface area contributed by atoms with Crippen molar-refractivity contribution in [1.29, 1.82) is 0 Å². The van der Waals surface area contributed by atoms with Gasteiger partial charge in [0.2, 0.25) is 5.82 Å². The molecule has 8 heteroatoms. The minimum absolute atomic E-state index is 0.0268. The molecule has 100 valence electrons. The van der Waals surface area contributed by atoms with Crippen molar-refractivity contribution >= 4 is 22.9 Å². The van der Waals surface area contributed by atoms with E-state index in [1.54, 1.807) is 0 Å². The Kier molecular flexibility index (Phi) is 3.52. The van der Waals surface area contributed by atoms with Gasteiger partial charge < -0.3 is 9.73 Å². The van der Waals surface area contributed by atoms with E-state index in [0.29, 0.717) is 0 Å². The second kappa shape index (κ2) is 4.96. The number of anilines is 1. The molecule has 0 amide bonds. The minimum atomic E-state index is -2.23. The molecule has 0 saturated carbocycles. The molecule has 2 aromatic rings. The van der Waals surface area contributed by atoms with Gasteiger partial charge in [-0.05, 0) is 12.1 Å². The van der Waals surface area contributed by atoms with Crippen LogP contribution < -0.4 is 5.32 Å². The number of halogens is 5. The molecule has 1 heterocycles. The lowest BCUT2D eigenvalue weighted by atomic mass is 10.2. The average Bonchev–Trinajstić information content (AvgIpc) is 2.93. The third-order valence-electron chi connectivity index (χ3n) is 2.19. The van der Waals surface area contributed by atoms with Crippen LogP contribution in [0.1, 0.15) is 5.76 Å². The summed E-state index contributed by atoms with van der Waals surface area (Å²) in [5, 5.41) is 1.93. The lowest BCUT2D eigenvalue weighted by Gasteiger charge is -2.10. The summed E-state index contributed by atoms with van der Waals surface area (Å²) >= 11 is 4.72. The molecule has 0 aliphatic heterocycles. The number of hydrogen-bond donors (Lipinski definition) is 1. The maximum Gasteiger partial charge on any atom is 0.200 e. The van der Waals surface area contributed by atoms with Gasteiger partial charge in [-0.25, -0.2) is 22.0 Å². The van der Waals surface area contributed by atoms with Gasteiger partial charge in [0, 0.05) is 0 Å². The highest BCUT2D eigenvalue weighted by molar-refractivity contribution is 7.81. The third kappa shape index (κ3) is 2.30. The molecule has 0 fully saturated rings. The normalized spacial score (nSPS) is 10.6. The van der Waals surface area contributed by atoms with Crippen LogP contribution in [0.2, 0.25) is 0 Å². The standard InChI is InChI=1S/C11H4F5NOS/c12-5-6(13)8(15)10(9(16)7(5)14)17-11(19)4-2-1-3-18-4/h1-3H,(H,17,19). The van der Waals surface area contributed by atoms with Crippen molar-refractivity contribution < 1.29 is 26.4 Å². The van der Waals surface area contributed by atoms with E-state index in [4.69, 9.17) is 16.6 Å². The molecule has 1 aromatic carbocycles. The highest BCUT2D eigenvalue weighted by Gasteiger charge is 2.26. The highest BCUT2D eigenvalue weighted by Crippen LogP contribution is 2.27. The van der Waals surface area contributed by atoms with Crippen LogP contribution in [0, 0.1) is 29.1 Å². The van der Waals surface area contributed by atoms with Crippen LogP contribution in [0.5, 0.6) is 0 Å². The molecule has 0 aliphatic rings. The molecule has 2 nitrogen and oxygen atoms in total. The van der Waals surface area contributed by atoms with Crippen LogP contribution in [-0.4, -0.2) is 4.99 Å². The Bertz CT molecular complexity index is 612. The summed E-state index contributed by atoms with van der Waals surface area (Å²) in [5.41, 5.74) is -1.22. The van der Waals surface area contributed by atoms with E-state index in [0.717, 1.165) is 0 Å². The van der Waals surface area contributed by atoms with E-state index in [9.17, 15) is 22.0 Å². The van der Waals surface area contributed by atoms with Crippen molar-refractivity contribution in [2.24, 2.45) is 0 Å². The van der Waals surface area contributed by atoms with E-state index in [2.05, 4.69) is 0 Å². The van der Waals surface area contributed by atoms with Crippen LogP contribution in [0.3, 0.4) is 0 Å². The van der Waals surface area contributed by atoms with Crippen molar-refractivity contribution in [3.63, 3.8) is 0 Å². The summed E-state index contributed by atoms with van der Waals surface area (Å²) in [6.45, 7) is 0. The second-order valence-electron chi connectivity index (χ2n) is 3.38. The zero-order valence-corrected chi connectivity index (χ0v) is 9.75. The van der Waals surface area contributed by atoms with E-state index in [1.165, 1.54) is 18.4 Å². The number of thiocarbonyl (C=S) groups is 1. The molecule has 0 spiro atoms. The summed E-state index contributed by atoms with van der Waals surface area (Å²) in [4.78, 5) is -0.312. The first-order valence-corrected chi connectivity index (χ1v) is 5.20. The van der Waals surface area contributed by atoms with Gasteiger partial charge in [-0.3, -0.25) is 0 Å². The fourth-order valence-corrected chi connectivity index (χ4v) is 1.52. The van der Waals surface area contributed by atoms with Crippen molar-refractivity contribution in [2.75, 3.05) is 5.32 Å². The van der Waals surface area contributed by atoms with Crippen molar-refractivity contribution in [3.8, 4) is 0 Å². The zero-order chi connectivity index (χ0) is 14.2. The van der Waals surface area contributed by atoms with E-state index in [-0.39, 0.29) is 10.7 Å². The minimum Gasteiger partial charge on any atom is -0.462 e. The van der Waals surface area contributed by atoms with Gasteiger partial charge in [0.25, 0.3) is 0 Å². The molecule has 19 heavy (non-hydrogen) atoms. The first-order chi connectivity index (χ1) is 8.93. The predicted molar refractivity (Wildman–Crippen MR) is 60.3 cm³/mol. The quantitative estimate of drug-likeness (QED) is 0.395. The van der Waals surface area contributed by atoms with Crippen LogP contribution in [0.4, 0.5) is 27.6 Å². The smallest absolute Gasteiger partial charge is 0.200 e. The highest BCUT2D eigenvalue weighted by atomic mass is 32.1. The number of hydrogen-bond acceptors (Lipinski definition) is 2. The average molecular weight is 293 g/mol. The van der Waals surface area contributed by atoms with Crippen LogP contribution in [0.15, 0.2) is 22.8 Å². The Labute approximate surface area is 108 Å². The third-order valence-corrected chi connectivity index (χ3v) is 2.50. The molecular weight excluding hydrogens is 289 g/mol. The van der Waals surface area contributed by atoms with Crippen LogP contribution >= 0.6 is 12.2 Å². The molecular formula is C11H4F5NOS. The fraction of sp³-hybridized carbons (Fsp3) is 0. The Morgan fingerprint density at radius 2 is 1.47 bits per heavy atom. The number of furan rings is 1. The van der Waals surface area contributed by atoms with E-state index >= 15 is 0 Å². The van der Waals surface area contributed by atoms with E-state index in [1.807, 2.05) is 5.32 Å². The van der Waals surface area contributed by atoms with Crippen LogP contribution in [0.25, 0.3) is 0 Å². The maximum atomic E-state index is 13.3. The largest absolute Gasteiger partial charge is 0.462 e. The topological polar surface area (TPSA) is 25.2 Å². The summed E-state index contributed by atoms with van der Waals surface area (Å²) in [6, 6.07) is 2.81. The summed E-state index contributed by atoms with van der Waals surface area (Å²) in [7, 11) is 0. The molecule has 0 unspecified atom stereocenters. The zero-order valence-electron chi connectivity index (χ0n) is 8.94. The summed E-state index contributed by atoms with van der Waals surface area (Å²) < 4.78 is 70.1. The molecule has 0 aliphatic carbocycles. The molecule has 1 aromatic heterocycles. The maximum absolute atomic E-state index is 13.3. The fourth-order valence-electron chi connectivity index (χ4n) is 1.30. The first-order valence-electron chi connectivity index (χ1n) is 4.79. The molecule has 2 rings (SSSR count). The summed E-state index contributed by atoms with van der Waals surface area (Å²) in [6.07, 6.45) is 1.24. The lowest BCUT2D eigenvalue weighted by Crippen LogP contribution is -2.15. The van der Waals surface area contributed by atoms with Gasteiger partial charge in [-0.2, -0.15) is 0 Å². The molecule has 0 saturated heterocycles. The molecule has 0 radical (unpaired) electrons. The van der Waals surface area contributed by atoms with E-state index < -0.39 is 34.8 Å². The van der Waals surface area contributed by atoms with Gasteiger partial charge in [-0.1, -0.05) is 12.2 Å². The van der Waals surface area contributed by atoms with Gasteiger partial charge in [-0.15, -0.1) is 0 Å².